The number of alkyl halides is 3. The standard InChI is InChI=1S/C22H25F3N4S.HI/c1-2-26-21(28-19-11-14-29(15-12-19)20-6-4-16-30-20)27-13-3-5-17-7-9-18(10-8-17)22(23,24)25;/h4,6-10,16,19H,2,11-15H2,1H3,(H2,26,27,28);1H. The second kappa shape index (κ2) is 12.2. The van der Waals surface area contributed by atoms with E-state index in [1.807, 2.05) is 6.92 Å². The second-order valence-corrected chi connectivity index (χ2v) is 7.86. The summed E-state index contributed by atoms with van der Waals surface area (Å²) in [6, 6.07) is 9.42. The first-order chi connectivity index (χ1) is 14.5. The van der Waals surface area contributed by atoms with Crippen LogP contribution in [-0.4, -0.2) is 38.2 Å². The number of halogens is 4. The maximum atomic E-state index is 12.6. The van der Waals surface area contributed by atoms with Crippen LogP contribution in [0.3, 0.4) is 0 Å². The van der Waals surface area contributed by atoms with Gasteiger partial charge in [-0.1, -0.05) is 11.8 Å². The van der Waals surface area contributed by atoms with Gasteiger partial charge in [0.05, 0.1) is 10.6 Å². The summed E-state index contributed by atoms with van der Waals surface area (Å²) >= 11 is 1.76. The Morgan fingerprint density at radius 3 is 2.48 bits per heavy atom. The zero-order valence-corrected chi connectivity index (χ0v) is 20.4. The fraction of sp³-hybridized carbons (Fsp3) is 0.409. The quantitative estimate of drug-likeness (QED) is 0.240. The normalized spacial score (nSPS) is 15.0. The summed E-state index contributed by atoms with van der Waals surface area (Å²) < 4.78 is 37.8. The number of piperidine rings is 1. The van der Waals surface area contributed by atoms with Gasteiger partial charge in [0.2, 0.25) is 0 Å². The third-order valence-corrected chi connectivity index (χ3v) is 5.69. The molecule has 2 N–H and O–H groups in total. The van der Waals surface area contributed by atoms with Gasteiger partial charge in [-0.25, -0.2) is 4.99 Å². The Kier molecular flexibility index (Phi) is 9.96. The lowest BCUT2D eigenvalue weighted by molar-refractivity contribution is -0.137. The van der Waals surface area contributed by atoms with E-state index < -0.39 is 11.7 Å². The SMILES string of the molecule is CCNC(=NCC#Cc1ccc(C(F)(F)F)cc1)NC1CCN(c2cccs2)CC1.I. The van der Waals surface area contributed by atoms with Crippen molar-refractivity contribution < 1.29 is 13.2 Å². The van der Waals surface area contributed by atoms with Gasteiger partial charge >= 0.3 is 6.18 Å². The highest BCUT2D eigenvalue weighted by Gasteiger charge is 2.29. The molecule has 1 aliphatic rings. The van der Waals surface area contributed by atoms with Crippen LogP contribution in [0.15, 0.2) is 46.8 Å². The number of aliphatic imine (C=N–C) groups is 1. The number of hydrogen-bond acceptors (Lipinski definition) is 3. The van der Waals surface area contributed by atoms with Gasteiger partial charge in [0, 0.05) is 31.2 Å². The van der Waals surface area contributed by atoms with Crippen molar-refractivity contribution in [3.63, 3.8) is 0 Å². The van der Waals surface area contributed by atoms with E-state index >= 15 is 0 Å². The molecule has 0 atom stereocenters. The summed E-state index contributed by atoms with van der Waals surface area (Å²) in [5, 5.41) is 10.1. The highest BCUT2D eigenvalue weighted by Crippen LogP contribution is 2.29. The molecule has 2 aromatic rings. The largest absolute Gasteiger partial charge is 0.416 e. The van der Waals surface area contributed by atoms with Crippen molar-refractivity contribution in [1.82, 2.24) is 10.6 Å². The predicted octanol–water partition coefficient (Wildman–Crippen LogP) is 4.96. The van der Waals surface area contributed by atoms with E-state index in [2.05, 4.69) is 49.9 Å². The number of benzene rings is 1. The van der Waals surface area contributed by atoms with Crippen LogP contribution in [0.2, 0.25) is 0 Å². The molecule has 0 amide bonds. The van der Waals surface area contributed by atoms with Crippen molar-refractivity contribution in [3.05, 3.63) is 52.9 Å². The fourth-order valence-corrected chi connectivity index (χ4v) is 4.00. The third-order valence-electron chi connectivity index (χ3n) is 4.76. The van der Waals surface area contributed by atoms with Crippen LogP contribution in [0.1, 0.15) is 30.9 Å². The number of nitrogens with one attached hydrogen (secondary N) is 2. The minimum atomic E-state index is -4.33. The lowest BCUT2D eigenvalue weighted by Crippen LogP contribution is -2.48. The highest BCUT2D eigenvalue weighted by atomic mass is 127. The van der Waals surface area contributed by atoms with Crippen LogP contribution in [0.25, 0.3) is 0 Å². The van der Waals surface area contributed by atoms with Crippen molar-refractivity contribution in [3.8, 4) is 11.8 Å². The Labute approximate surface area is 202 Å². The molecule has 1 fully saturated rings. The molecule has 0 unspecified atom stereocenters. The molecule has 0 aliphatic carbocycles. The van der Waals surface area contributed by atoms with E-state index in [0.717, 1.165) is 44.6 Å². The minimum Gasteiger partial charge on any atom is -0.363 e. The molecule has 1 aromatic carbocycles. The van der Waals surface area contributed by atoms with E-state index in [0.29, 0.717) is 17.6 Å². The summed E-state index contributed by atoms with van der Waals surface area (Å²) in [5.74, 6) is 6.48. The lowest BCUT2D eigenvalue weighted by Gasteiger charge is -2.33. The van der Waals surface area contributed by atoms with E-state index in [9.17, 15) is 13.2 Å². The van der Waals surface area contributed by atoms with Gasteiger partial charge in [-0.05, 0) is 61.5 Å². The van der Waals surface area contributed by atoms with Gasteiger partial charge in [0.15, 0.2) is 5.96 Å². The Balaban J connectivity index is 0.00000341. The second-order valence-electron chi connectivity index (χ2n) is 6.93. The molecular formula is C22H26F3IN4S. The predicted molar refractivity (Wildman–Crippen MR) is 132 cm³/mol. The van der Waals surface area contributed by atoms with E-state index in [1.165, 1.54) is 17.1 Å². The Hall–Kier alpha value is -1.93. The van der Waals surface area contributed by atoms with Crippen LogP contribution in [0.5, 0.6) is 0 Å². The molecule has 0 spiro atoms. The van der Waals surface area contributed by atoms with Gasteiger partial charge in [0.1, 0.15) is 6.54 Å². The van der Waals surface area contributed by atoms with Crippen molar-refractivity contribution in [2.75, 3.05) is 31.1 Å². The van der Waals surface area contributed by atoms with Crippen LogP contribution in [0, 0.1) is 11.8 Å². The maximum Gasteiger partial charge on any atom is 0.416 e. The number of guanidine groups is 1. The zero-order valence-electron chi connectivity index (χ0n) is 17.2. The molecule has 1 aromatic heterocycles. The molecule has 9 heteroatoms. The van der Waals surface area contributed by atoms with Gasteiger partial charge in [-0.3, -0.25) is 0 Å². The Morgan fingerprint density at radius 2 is 1.90 bits per heavy atom. The van der Waals surface area contributed by atoms with Crippen molar-refractivity contribution >= 4 is 46.3 Å². The molecule has 31 heavy (non-hydrogen) atoms. The first-order valence-corrected chi connectivity index (χ1v) is 10.8. The molecule has 1 aliphatic heterocycles. The first-order valence-electron chi connectivity index (χ1n) is 9.95. The maximum absolute atomic E-state index is 12.6. The molecule has 0 bridgehead atoms. The smallest absolute Gasteiger partial charge is 0.363 e. The molecular weight excluding hydrogens is 536 g/mol. The number of anilines is 1. The summed E-state index contributed by atoms with van der Waals surface area (Å²) in [6.07, 6.45) is -2.28. The summed E-state index contributed by atoms with van der Waals surface area (Å²) in [4.78, 5) is 6.88. The molecule has 0 radical (unpaired) electrons. The first kappa shape index (κ1) is 25.3. The minimum absolute atomic E-state index is 0. The Bertz CT molecular complexity index is 878. The summed E-state index contributed by atoms with van der Waals surface area (Å²) in [6.45, 7) is 5.03. The van der Waals surface area contributed by atoms with Gasteiger partial charge < -0.3 is 15.5 Å². The molecule has 3 rings (SSSR count). The summed E-state index contributed by atoms with van der Waals surface area (Å²) in [7, 11) is 0. The van der Waals surface area contributed by atoms with Crippen molar-refractivity contribution in [2.24, 2.45) is 4.99 Å². The average molecular weight is 562 g/mol. The van der Waals surface area contributed by atoms with Crippen LogP contribution in [-0.2, 0) is 6.18 Å². The molecule has 2 heterocycles. The Morgan fingerprint density at radius 1 is 1.19 bits per heavy atom. The van der Waals surface area contributed by atoms with Crippen LogP contribution >= 0.6 is 35.3 Å². The van der Waals surface area contributed by atoms with E-state index in [4.69, 9.17) is 0 Å². The number of nitrogens with zero attached hydrogens (tertiary/aromatic N) is 2. The van der Waals surface area contributed by atoms with Gasteiger partial charge in [-0.2, -0.15) is 13.2 Å². The molecule has 1 saturated heterocycles. The molecule has 4 nitrogen and oxygen atoms in total. The third kappa shape index (κ3) is 7.92. The average Bonchev–Trinajstić information content (AvgIpc) is 3.26. The van der Waals surface area contributed by atoms with E-state index in [1.54, 1.807) is 11.3 Å². The summed E-state index contributed by atoms with van der Waals surface area (Å²) in [5.41, 5.74) is -0.132. The van der Waals surface area contributed by atoms with Gasteiger partial charge in [-0.15, -0.1) is 35.3 Å². The number of rotatable bonds is 4. The van der Waals surface area contributed by atoms with Crippen LogP contribution < -0.4 is 15.5 Å². The van der Waals surface area contributed by atoms with E-state index in [-0.39, 0.29) is 30.5 Å². The van der Waals surface area contributed by atoms with Crippen LogP contribution in [0.4, 0.5) is 18.2 Å². The number of hydrogen-bond donors (Lipinski definition) is 2. The topological polar surface area (TPSA) is 39.7 Å². The van der Waals surface area contributed by atoms with Crippen molar-refractivity contribution in [2.45, 2.75) is 32.0 Å². The van der Waals surface area contributed by atoms with Crippen molar-refractivity contribution in [1.29, 1.82) is 0 Å². The number of thiophene rings is 1. The fourth-order valence-electron chi connectivity index (χ4n) is 3.21. The molecule has 0 saturated carbocycles. The monoisotopic (exact) mass is 562 g/mol. The van der Waals surface area contributed by atoms with Gasteiger partial charge in [0.25, 0.3) is 0 Å². The lowest BCUT2D eigenvalue weighted by atomic mass is 10.1. The molecule has 168 valence electrons. The highest BCUT2D eigenvalue weighted by molar-refractivity contribution is 14.0. The zero-order chi connectivity index (χ0) is 21.4.